The highest BCUT2D eigenvalue weighted by Gasteiger charge is 1.38. The fourth-order valence-corrected chi connectivity index (χ4v) is 0. The minimum Gasteiger partial charge on any atom is -0.515 e. The Morgan fingerprint density at radius 2 is 2.00 bits per heavy atom. The van der Waals surface area contributed by atoms with Crippen molar-refractivity contribution < 1.29 is 5.11 Å². The molecule has 0 fully saturated rings. The molecule has 0 aromatic rings. The second-order valence-electron chi connectivity index (χ2n) is 0.275. The SMILES string of the molecule is O/C=C/Br. The standard InChI is InChI=1S/C2H3BrO/c3-1-2-4/h1-2,4H/b2-1+. The third-order valence-corrected chi connectivity index (χ3v) is 0.293. The fourth-order valence-electron chi connectivity index (χ4n) is 0. The summed E-state index contributed by atoms with van der Waals surface area (Å²) in [7, 11) is 0. The molecule has 0 aromatic carbocycles. The van der Waals surface area contributed by atoms with Crippen LogP contribution in [-0.4, -0.2) is 5.11 Å². The maximum atomic E-state index is 7.65. The summed E-state index contributed by atoms with van der Waals surface area (Å²) in [4.78, 5) is 1.37. The summed E-state index contributed by atoms with van der Waals surface area (Å²) in [6.45, 7) is 0. The summed E-state index contributed by atoms with van der Waals surface area (Å²) in [6, 6.07) is 0. The van der Waals surface area contributed by atoms with Crippen molar-refractivity contribution in [1.82, 2.24) is 0 Å². The van der Waals surface area contributed by atoms with Gasteiger partial charge in [-0.2, -0.15) is 0 Å². The van der Waals surface area contributed by atoms with Crippen LogP contribution in [0, 0.1) is 0 Å². The predicted octanol–water partition coefficient (Wildman–Crippen LogP) is 1.41. The van der Waals surface area contributed by atoms with E-state index in [0.717, 1.165) is 6.26 Å². The minimum atomic E-state index is 0.917. The summed E-state index contributed by atoms with van der Waals surface area (Å²) >= 11 is 2.82. The van der Waals surface area contributed by atoms with E-state index in [-0.39, 0.29) is 0 Å². The van der Waals surface area contributed by atoms with Crippen LogP contribution >= 0.6 is 15.9 Å². The van der Waals surface area contributed by atoms with Crippen LogP contribution in [-0.2, 0) is 0 Å². The number of aliphatic hydroxyl groups excluding tert-OH is 1. The molecule has 1 nitrogen and oxygen atoms in total. The number of rotatable bonds is 0. The lowest BCUT2D eigenvalue weighted by atomic mass is 11.2. The second kappa shape index (κ2) is 3.02. The lowest BCUT2D eigenvalue weighted by Crippen LogP contribution is -1.31. The summed E-state index contributed by atoms with van der Waals surface area (Å²) < 4.78 is 0. The Labute approximate surface area is 33.1 Å². The molecule has 0 amide bonds. The predicted molar refractivity (Wildman–Crippen MR) is 20.7 cm³/mol. The van der Waals surface area contributed by atoms with E-state index in [0.29, 0.717) is 0 Å². The van der Waals surface area contributed by atoms with Crippen molar-refractivity contribution in [3.63, 3.8) is 0 Å². The van der Waals surface area contributed by atoms with E-state index in [4.69, 9.17) is 5.11 Å². The van der Waals surface area contributed by atoms with Crippen molar-refractivity contribution in [2.45, 2.75) is 0 Å². The molecular weight excluding hydrogens is 120 g/mol. The normalized spacial score (nSPS) is 9.25. The van der Waals surface area contributed by atoms with E-state index < -0.39 is 0 Å². The van der Waals surface area contributed by atoms with Crippen LogP contribution in [0.25, 0.3) is 0 Å². The number of halogens is 1. The Bertz CT molecular complexity index is 21.2. The molecule has 0 unspecified atom stereocenters. The Kier molecular flexibility index (Phi) is 3.04. The van der Waals surface area contributed by atoms with E-state index >= 15 is 0 Å². The molecule has 0 spiro atoms. The van der Waals surface area contributed by atoms with Gasteiger partial charge in [0.15, 0.2) is 0 Å². The molecule has 4 heavy (non-hydrogen) atoms. The van der Waals surface area contributed by atoms with Crippen LogP contribution in [0.1, 0.15) is 0 Å². The van der Waals surface area contributed by atoms with Crippen LogP contribution in [0.3, 0.4) is 0 Å². The van der Waals surface area contributed by atoms with E-state index in [2.05, 4.69) is 15.9 Å². The Hall–Kier alpha value is 0.0200. The van der Waals surface area contributed by atoms with Gasteiger partial charge in [0.05, 0.1) is 6.26 Å². The van der Waals surface area contributed by atoms with Crippen molar-refractivity contribution >= 4 is 15.9 Å². The maximum Gasteiger partial charge on any atom is 0.0860 e. The molecule has 0 aliphatic rings. The Balaban J connectivity index is 2.55. The minimum absolute atomic E-state index is 0.917. The van der Waals surface area contributed by atoms with Gasteiger partial charge in [-0.3, -0.25) is 0 Å². The maximum absolute atomic E-state index is 7.65. The molecule has 0 saturated heterocycles. The molecule has 1 N–H and O–H groups in total. The fraction of sp³-hybridized carbons (Fsp3) is 0. The highest BCUT2D eigenvalue weighted by Crippen LogP contribution is 1.74. The molecule has 0 rings (SSSR count). The first-order valence-electron chi connectivity index (χ1n) is 0.810. The van der Waals surface area contributed by atoms with Crippen molar-refractivity contribution in [2.24, 2.45) is 0 Å². The Morgan fingerprint density at radius 1 is 1.75 bits per heavy atom. The molecule has 0 saturated carbocycles. The molecule has 0 bridgehead atoms. The lowest BCUT2D eigenvalue weighted by Gasteiger charge is -1.51. The first kappa shape index (κ1) is 4.02. The molecule has 2 heteroatoms. The molecule has 0 atom stereocenters. The van der Waals surface area contributed by atoms with Gasteiger partial charge in [-0.15, -0.1) is 0 Å². The van der Waals surface area contributed by atoms with Crippen molar-refractivity contribution in [3.05, 3.63) is 11.2 Å². The molecule has 0 heterocycles. The summed E-state index contributed by atoms with van der Waals surface area (Å²) in [5.74, 6) is 0. The number of hydrogen-bond acceptors (Lipinski definition) is 1. The first-order valence-corrected chi connectivity index (χ1v) is 1.73. The van der Waals surface area contributed by atoms with Gasteiger partial charge >= 0.3 is 0 Å². The van der Waals surface area contributed by atoms with Crippen LogP contribution in [0.2, 0.25) is 0 Å². The van der Waals surface area contributed by atoms with Gasteiger partial charge in [0.2, 0.25) is 0 Å². The highest BCUT2D eigenvalue weighted by molar-refractivity contribution is 9.11. The van der Waals surface area contributed by atoms with Crippen molar-refractivity contribution in [3.8, 4) is 0 Å². The zero-order valence-electron chi connectivity index (χ0n) is 1.98. The average Bonchev–Trinajstić information content (AvgIpc) is 1.37. The monoisotopic (exact) mass is 122 g/mol. The Morgan fingerprint density at radius 3 is 2.00 bits per heavy atom. The topological polar surface area (TPSA) is 20.2 Å². The zero-order chi connectivity index (χ0) is 3.41. The molecule has 0 aliphatic heterocycles. The lowest BCUT2D eigenvalue weighted by molar-refractivity contribution is 0.475. The van der Waals surface area contributed by atoms with Crippen LogP contribution < -0.4 is 0 Å². The molecule has 0 aromatic heterocycles. The van der Waals surface area contributed by atoms with Gasteiger partial charge in [-0.25, -0.2) is 0 Å². The van der Waals surface area contributed by atoms with Gasteiger partial charge in [-0.1, -0.05) is 15.9 Å². The van der Waals surface area contributed by atoms with E-state index in [1.807, 2.05) is 0 Å². The molecule has 24 valence electrons. The molecular formula is C2H3BrO. The summed E-state index contributed by atoms with van der Waals surface area (Å²) in [5.41, 5.74) is 0. The largest absolute Gasteiger partial charge is 0.515 e. The smallest absolute Gasteiger partial charge is 0.0860 e. The van der Waals surface area contributed by atoms with Gasteiger partial charge < -0.3 is 5.11 Å². The summed E-state index contributed by atoms with van der Waals surface area (Å²) in [5, 5.41) is 7.65. The zero-order valence-corrected chi connectivity index (χ0v) is 3.57. The quantitative estimate of drug-likeness (QED) is 0.482. The van der Waals surface area contributed by atoms with Crippen LogP contribution in [0.4, 0.5) is 0 Å². The molecule has 0 radical (unpaired) electrons. The second-order valence-corrected chi connectivity index (χ2v) is 0.804. The number of hydrogen-bond donors (Lipinski definition) is 1. The summed E-state index contributed by atoms with van der Waals surface area (Å²) in [6.07, 6.45) is 0.917. The van der Waals surface area contributed by atoms with Crippen molar-refractivity contribution in [1.29, 1.82) is 0 Å². The third kappa shape index (κ3) is 2.02. The van der Waals surface area contributed by atoms with Crippen LogP contribution in [0.15, 0.2) is 11.2 Å². The van der Waals surface area contributed by atoms with E-state index in [1.54, 1.807) is 0 Å². The van der Waals surface area contributed by atoms with E-state index in [1.165, 1.54) is 4.99 Å². The van der Waals surface area contributed by atoms with Gasteiger partial charge in [-0.05, 0) is 0 Å². The van der Waals surface area contributed by atoms with Gasteiger partial charge in [0.1, 0.15) is 0 Å². The third-order valence-electron chi connectivity index (χ3n) is 0.0563. The van der Waals surface area contributed by atoms with Gasteiger partial charge in [0, 0.05) is 4.99 Å². The molecule has 0 aliphatic carbocycles. The van der Waals surface area contributed by atoms with Crippen LogP contribution in [0.5, 0.6) is 0 Å². The highest BCUT2D eigenvalue weighted by atomic mass is 79.9. The van der Waals surface area contributed by atoms with Crippen molar-refractivity contribution in [2.75, 3.05) is 0 Å². The number of aliphatic hydroxyl groups is 1. The van der Waals surface area contributed by atoms with E-state index in [9.17, 15) is 0 Å². The van der Waals surface area contributed by atoms with Gasteiger partial charge in [0.25, 0.3) is 0 Å². The average molecular weight is 123 g/mol. The first-order chi connectivity index (χ1) is 1.91.